The van der Waals surface area contributed by atoms with E-state index in [1.54, 1.807) is 0 Å². The predicted octanol–water partition coefficient (Wildman–Crippen LogP) is 11.2. The van der Waals surface area contributed by atoms with Crippen molar-refractivity contribution in [3.8, 4) is 0 Å². The van der Waals surface area contributed by atoms with Gasteiger partial charge in [0.25, 0.3) is 0 Å². The van der Waals surface area contributed by atoms with Crippen LogP contribution in [0.2, 0.25) is 0 Å². The second-order valence-electron chi connectivity index (χ2n) is 14.2. The molecule has 1 aliphatic heterocycles. The van der Waals surface area contributed by atoms with Crippen LogP contribution in [-0.4, -0.2) is 24.7 Å². The molecule has 3 nitrogen and oxygen atoms in total. The minimum Gasteiger partial charge on any atom is -0.459 e. The van der Waals surface area contributed by atoms with E-state index in [2.05, 4.69) is 26.1 Å². The summed E-state index contributed by atoms with van der Waals surface area (Å²) in [5.41, 5.74) is -0.295. The van der Waals surface area contributed by atoms with Crippen molar-refractivity contribution in [3.63, 3.8) is 0 Å². The Labute approximate surface area is 258 Å². The number of esters is 1. The van der Waals surface area contributed by atoms with Crippen molar-refractivity contribution < 1.29 is 14.8 Å². The number of quaternary nitrogens is 1. The van der Waals surface area contributed by atoms with Crippen molar-refractivity contribution in [1.82, 2.24) is 0 Å². The normalized spacial score (nSPS) is 14.5. The summed E-state index contributed by atoms with van der Waals surface area (Å²) < 4.78 is 5.88. The summed E-state index contributed by atoms with van der Waals surface area (Å²) in [5, 5.41) is 2.37. The van der Waals surface area contributed by atoms with E-state index in [-0.39, 0.29) is 11.6 Å². The second kappa shape index (κ2) is 28.2. The highest BCUT2D eigenvalue weighted by Crippen LogP contribution is 2.28. The van der Waals surface area contributed by atoms with Gasteiger partial charge < -0.3 is 10.1 Å². The Kier molecular flexibility index (Phi) is 26.5. The third-order valence-corrected chi connectivity index (χ3v) is 9.78. The molecule has 0 spiro atoms. The lowest BCUT2D eigenvalue weighted by Gasteiger charge is -2.35. The lowest BCUT2D eigenvalue weighted by Crippen LogP contribution is -2.86. The van der Waals surface area contributed by atoms with Crippen LogP contribution >= 0.6 is 0 Å². The molecule has 0 aromatic carbocycles. The van der Waals surface area contributed by atoms with Gasteiger partial charge in [0.15, 0.2) is 0 Å². The largest absolute Gasteiger partial charge is 0.459 e. The van der Waals surface area contributed by atoms with Gasteiger partial charge >= 0.3 is 5.97 Å². The number of unbranched alkanes of at least 4 members (excludes halogenated alkanes) is 26. The summed E-state index contributed by atoms with van der Waals surface area (Å²) in [4.78, 5) is 12.3. The first-order valence-corrected chi connectivity index (χ1v) is 19.1. The fraction of sp³-hybridized carbons (Fsp3) is 0.974. The fourth-order valence-corrected chi connectivity index (χ4v) is 6.81. The maximum absolute atomic E-state index is 12.3. The first kappa shape index (κ1) is 38.5. The number of hydrogen-bond donors (Lipinski definition) is 1. The van der Waals surface area contributed by atoms with Crippen LogP contribution < -0.4 is 5.32 Å². The number of nitrogens with two attached hydrogens (primary N) is 1. The Balaban J connectivity index is 1.71. The maximum atomic E-state index is 12.3. The number of carbonyl (C=O) groups is 1. The van der Waals surface area contributed by atoms with Gasteiger partial charge in [0.2, 0.25) is 0 Å². The zero-order chi connectivity index (χ0) is 29.7. The standard InChI is InChI=1S/C38H75NO2/c1-4-5-6-7-8-9-10-11-12-13-14-15-16-17-18-19-20-21-22-23-24-25-26-27-28-29-30-31-37(40)41-38(2,3)36-32-34-39-35-33-36/h36,39H,4-35H2,1-3H3/p+1. The summed E-state index contributed by atoms with van der Waals surface area (Å²) in [6, 6.07) is 0. The molecule has 0 unspecified atom stereocenters. The van der Waals surface area contributed by atoms with E-state index >= 15 is 0 Å². The molecule has 1 fully saturated rings. The Morgan fingerprint density at radius 1 is 0.537 bits per heavy atom. The molecule has 0 saturated carbocycles. The molecule has 0 aromatic heterocycles. The van der Waals surface area contributed by atoms with E-state index in [4.69, 9.17) is 4.74 Å². The smallest absolute Gasteiger partial charge is 0.306 e. The molecule has 0 atom stereocenters. The van der Waals surface area contributed by atoms with Crippen molar-refractivity contribution in [2.45, 2.75) is 219 Å². The van der Waals surface area contributed by atoms with Gasteiger partial charge in [-0.1, -0.05) is 174 Å². The van der Waals surface area contributed by atoms with Gasteiger partial charge in [-0.25, -0.2) is 0 Å². The maximum Gasteiger partial charge on any atom is 0.306 e. The molecule has 0 bridgehead atoms. The van der Waals surface area contributed by atoms with Crippen LogP contribution in [-0.2, 0) is 9.53 Å². The number of ether oxygens (including phenoxy) is 1. The summed E-state index contributed by atoms with van der Waals surface area (Å²) in [5.74, 6) is 0.541. The highest BCUT2D eigenvalue weighted by molar-refractivity contribution is 5.69. The molecule has 2 N–H and O–H groups in total. The fourth-order valence-electron chi connectivity index (χ4n) is 6.81. The minimum absolute atomic E-state index is 0.0177. The SMILES string of the molecule is CCCCCCCCCCCCCCCCCCCCCCCCCCCCCC(=O)OC(C)(C)C1CC[NH2+]CC1. The molecular weight excluding hydrogens is 502 g/mol. The molecular formula is C38H76NO2+. The van der Waals surface area contributed by atoms with Crippen LogP contribution in [0.5, 0.6) is 0 Å². The summed E-state index contributed by atoms with van der Waals surface area (Å²) in [7, 11) is 0. The van der Waals surface area contributed by atoms with Crippen LogP contribution in [0.4, 0.5) is 0 Å². The molecule has 0 radical (unpaired) electrons. The number of piperidine rings is 1. The highest BCUT2D eigenvalue weighted by Gasteiger charge is 2.35. The van der Waals surface area contributed by atoms with Gasteiger partial charge in [-0.2, -0.15) is 0 Å². The first-order chi connectivity index (χ1) is 20.1. The molecule has 0 aliphatic carbocycles. The zero-order valence-corrected chi connectivity index (χ0v) is 28.6. The lowest BCUT2D eigenvalue weighted by atomic mass is 9.83. The van der Waals surface area contributed by atoms with Crippen molar-refractivity contribution in [2.75, 3.05) is 13.1 Å². The molecule has 0 aromatic rings. The van der Waals surface area contributed by atoms with Crippen LogP contribution in [0, 0.1) is 5.92 Å². The number of rotatable bonds is 30. The van der Waals surface area contributed by atoms with Gasteiger partial charge in [0.05, 0.1) is 13.1 Å². The first-order valence-electron chi connectivity index (χ1n) is 19.1. The monoisotopic (exact) mass is 579 g/mol. The summed E-state index contributed by atoms with van der Waals surface area (Å²) in [6.07, 6.45) is 41.1. The van der Waals surface area contributed by atoms with Crippen molar-refractivity contribution in [1.29, 1.82) is 0 Å². The van der Waals surface area contributed by atoms with Crippen molar-refractivity contribution in [3.05, 3.63) is 0 Å². The Morgan fingerprint density at radius 2 is 0.829 bits per heavy atom. The highest BCUT2D eigenvalue weighted by atomic mass is 16.6. The van der Waals surface area contributed by atoms with E-state index in [1.807, 2.05) is 0 Å². The van der Waals surface area contributed by atoms with Gasteiger partial charge in [-0.3, -0.25) is 4.79 Å². The average molecular weight is 579 g/mol. The number of carbonyl (C=O) groups excluding carboxylic acids is 1. The van der Waals surface area contributed by atoms with E-state index in [0.717, 1.165) is 6.42 Å². The van der Waals surface area contributed by atoms with Crippen molar-refractivity contribution in [2.24, 2.45) is 5.92 Å². The molecule has 1 rings (SSSR count). The molecule has 244 valence electrons. The van der Waals surface area contributed by atoms with Gasteiger partial charge in [0.1, 0.15) is 5.60 Å². The van der Waals surface area contributed by atoms with Gasteiger partial charge in [-0.15, -0.1) is 0 Å². The zero-order valence-electron chi connectivity index (χ0n) is 28.6. The Hall–Kier alpha value is -0.570. The van der Waals surface area contributed by atoms with E-state index in [9.17, 15) is 4.79 Å². The van der Waals surface area contributed by atoms with E-state index in [0.29, 0.717) is 12.3 Å². The lowest BCUT2D eigenvalue weighted by molar-refractivity contribution is -0.665. The van der Waals surface area contributed by atoms with Gasteiger partial charge in [0, 0.05) is 25.2 Å². The molecule has 1 saturated heterocycles. The van der Waals surface area contributed by atoms with Crippen LogP contribution in [0.15, 0.2) is 0 Å². The van der Waals surface area contributed by atoms with Crippen molar-refractivity contribution >= 4 is 5.97 Å². The Morgan fingerprint density at radius 3 is 1.15 bits per heavy atom. The molecule has 3 heteroatoms. The molecule has 0 amide bonds. The second-order valence-corrected chi connectivity index (χ2v) is 14.2. The van der Waals surface area contributed by atoms with Gasteiger partial charge in [-0.05, 0) is 20.3 Å². The average Bonchev–Trinajstić information content (AvgIpc) is 2.97. The van der Waals surface area contributed by atoms with Crippen LogP contribution in [0.3, 0.4) is 0 Å². The number of hydrogen-bond acceptors (Lipinski definition) is 2. The summed E-state index contributed by atoms with van der Waals surface area (Å²) >= 11 is 0. The Bertz CT molecular complexity index is 554. The molecule has 41 heavy (non-hydrogen) atoms. The van der Waals surface area contributed by atoms with Crippen LogP contribution in [0.1, 0.15) is 213 Å². The minimum atomic E-state index is -0.295. The molecule has 1 heterocycles. The molecule has 1 aliphatic rings. The third kappa shape index (κ3) is 24.6. The van der Waals surface area contributed by atoms with Crippen LogP contribution in [0.25, 0.3) is 0 Å². The predicted molar refractivity (Wildman–Crippen MR) is 180 cm³/mol. The third-order valence-electron chi connectivity index (χ3n) is 9.78. The topological polar surface area (TPSA) is 42.9 Å². The summed E-state index contributed by atoms with van der Waals surface area (Å²) in [6.45, 7) is 8.87. The quantitative estimate of drug-likeness (QED) is 0.0680. The van der Waals surface area contributed by atoms with E-state index in [1.165, 1.54) is 193 Å². The van der Waals surface area contributed by atoms with E-state index < -0.39 is 0 Å².